The largest absolute Gasteiger partial charge is 0.336 e. The van der Waals surface area contributed by atoms with E-state index in [1.807, 2.05) is 0 Å². The fourth-order valence-electron chi connectivity index (χ4n) is 14.8. The van der Waals surface area contributed by atoms with E-state index in [1.54, 1.807) is 0 Å². The Labute approximate surface area is 435 Å². The van der Waals surface area contributed by atoms with E-state index in [0.29, 0.717) is 23.9 Å². The highest BCUT2D eigenvalue weighted by Gasteiger charge is 2.49. The van der Waals surface area contributed by atoms with Crippen molar-refractivity contribution < 1.29 is 0 Å². The highest BCUT2D eigenvalue weighted by atomic mass is 15.1. The van der Waals surface area contributed by atoms with Crippen LogP contribution < -0.4 is 0 Å². The van der Waals surface area contributed by atoms with Crippen LogP contribution in [-0.2, 0) is 21.7 Å². The van der Waals surface area contributed by atoms with Gasteiger partial charge in [0.2, 0.25) is 0 Å². The Morgan fingerprint density at radius 1 is 0.324 bits per heavy atom. The van der Waals surface area contributed by atoms with Crippen molar-refractivity contribution in [1.82, 2.24) is 18.3 Å². The van der Waals surface area contributed by atoms with E-state index >= 15 is 0 Å². The van der Waals surface area contributed by atoms with Crippen LogP contribution in [0.5, 0.6) is 0 Å². The summed E-state index contributed by atoms with van der Waals surface area (Å²) in [4.78, 5) is 0. The first kappa shape index (κ1) is 44.4. The van der Waals surface area contributed by atoms with E-state index < -0.39 is 0 Å². The quantitative estimate of drug-likeness (QED) is 0.165. The van der Waals surface area contributed by atoms with Gasteiger partial charge in [-0.2, -0.15) is 0 Å². The normalized spacial score (nSPS) is 19.0. The molecule has 4 nitrogen and oxygen atoms in total. The number of hydrogen-bond acceptors (Lipinski definition) is 0. The fraction of sp³-hybridized carbons (Fsp3) is 0.314. The lowest BCUT2D eigenvalue weighted by Crippen LogP contribution is -2.27. The van der Waals surface area contributed by atoms with E-state index in [1.165, 1.54) is 132 Å². The number of rotatable bonds is 2. The summed E-state index contributed by atoms with van der Waals surface area (Å²) in [6, 6.07) is 58.5. The zero-order valence-electron chi connectivity index (χ0n) is 45.4. The lowest BCUT2D eigenvalue weighted by atomic mass is 9.72. The lowest BCUT2D eigenvalue weighted by molar-refractivity contribution is 0.242. The Morgan fingerprint density at radius 2 is 0.635 bits per heavy atom. The van der Waals surface area contributed by atoms with Gasteiger partial charge in [-0.15, -0.1) is 0 Å². The predicted molar refractivity (Wildman–Crippen MR) is 315 cm³/mol. The maximum Gasteiger partial charge on any atom is 0.0562 e. The van der Waals surface area contributed by atoms with Gasteiger partial charge in [-0.1, -0.05) is 156 Å². The minimum atomic E-state index is 0.0430. The average Bonchev–Trinajstić information content (AvgIpc) is 4.29. The van der Waals surface area contributed by atoms with Crippen LogP contribution in [0.15, 0.2) is 146 Å². The number of aromatic nitrogens is 4. The highest BCUT2D eigenvalue weighted by molar-refractivity contribution is 6.19. The van der Waals surface area contributed by atoms with E-state index in [9.17, 15) is 0 Å². The van der Waals surface area contributed by atoms with Crippen molar-refractivity contribution in [1.29, 1.82) is 0 Å². The van der Waals surface area contributed by atoms with E-state index in [-0.39, 0.29) is 21.7 Å². The fourth-order valence-corrected chi connectivity index (χ4v) is 14.8. The number of hydrogen-bond donors (Lipinski definition) is 0. The molecular formula is C70H68N4. The Bertz CT molecular complexity index is 4000. The van der Waals surface area contributed by atoms with Crippen molar-refractivity contribution in [2.24, 2.45) is 0 Å². The van der Waals surface area contributed by atoms with Crippen LogP contribution in [0, 0.1) is 0 Å². The summed E-state index contributed by atoms with van der Waals surface area (Å²) < 4.78 is 10.9. The van der Waals surface area contributed by atoms with Crippen LogP contribution in [-0.4, -0.2) is 18.3 Å². The lowest BCUT2D eigenvalue weighted by Gasteiger charge is -2.38. The molecule has 0 amide bonds. The maximum atomic E-state index is 2.82. The molecule has 0 bridgehead atoms. The van der Waals surface area contributed by atoms with Crippen LogP contribution >= 0.6 is 0 Å². The number of para-hydroxylation sites is 2. The summed E-state index contributed by atoms with van der Waals surface area (Å²) in [6.45, 7) is 28.0. The molecule has 74 heavy (non-hydrogen) atoms. The molecule has 4 unspecified atom stereocenters. The molecule has 0 radical (unpaired) electrons. The van der Waals surface area contributed by atoms with Crippen molar-refractivity contribution in [2.75, 3.05) is 0 Å². The zero-order valence-corrected chi connectivity index (χ0v) is 45.4. The Kier molecular flexibility index (Phi) is 8.66. The second-order valence-corrected chi connectivity index (χ2v) is 27.0. The molecule has 1 saturated carbocycles. The minimum absolute atomic E-state index is 0.0430. The summed E-state index contributed by atoms with van der Waals surface area (Å²) in [5, 5.41) is 10.9. The average molecular weight is 965 g/mol. The van der Waals surface area contributed by atoms with Gasteiger partial charge < -0.3 is 18.3 Å². The topological polar surface area (TPSA) is 19.7 Å². The van der Waals surface area contributed by atoms with Gasteiger partial charge in [0.05, 0.1) is 44.5 Å². The third-order valence-corrected chi connectivity index (χ3v) is 18.6. The molecule has 4 heteroatoms. The summed E-state index contributed by atoms with van der Waals surface area (Å²) in [5.41, 5.74) is 22.0. The monoisotopic (exact) mass is 965 g/mol. The van der Waals surface area contributed by atoms with Crippen molar-refractivity contribution in [3.63, 3.8) is 0 Å². The number of benzene rings is 8. The van der Waals surface area contributed by atoms with E-state index in [2.05, 4.69) is 247 Å². The zero-order chi connectivity index (χ0) is 50.9. The molecule has 0 N–H and O–H groups in total. The first-order valence-corrected chi connectivity index (χ1v) is 27.6. The molecule has 8 aromatic carbocycles. The molecule has 0 saturated heterocycles. The Morgan fingerprint density at radius 3 is 0.946 bits per heavy atom. The molecule has 2 aliphatic heterocycles. The standard InChI is InChI=1S/C70H68N4/c1-67(2,3)39-21-27-55-47(33-39)48-34-40(68(4,5)6)22-28-56(48)71(55)59-31-25-43-51-37-62-52(38-61(51)73-53-19-15-13-17-45(53)63(59)65(43)73)44-26-32-60(64-46-18-14-16-20-54(46)74(62)66(44)64)72-57-29-23-41(69(7,8)9)35-49(57)50-36-42(70(10,11)12)24-30-58(50)72/h13-36,51-52,61-62H,37-38H2,1-12H3. The van der Waals surface area contributed by atoms with Crippen LogP contribution in [0.3, 0.4) is 0 Å². The third kappa shape index (κ3) is 5.86. The van der Waals surface area contributed by atoms with Gasteiger partial charge in [0.25, 0.3) is 0 Å². The summed E-state index contributed by atoms with van der Waals surface area (Å²) in [6.07, 6.45) is 2.22. The number of fused-ring (bicyclic) bond motifs is 18. The molecule has 12 aromatic rings. The molecule has 15 rings (SSSR count). The van der Waals surface area contributed by atoms with Crippen molar-refractivity contribution in [2.45, 2.75) is 142 Å². The van der Waals surface area contributed by atoms with Crippen molar-refractivity contribution >= 4 is 87.2 Å². The molecule has 4 aromatic heterocycles. The maximum absolute atomic E-state index is 2.82. The highest BCUT2D eigenvalue weighted by Crippen LogP contribution is 2.63. The molecule has 368 valence electrons. The second kappa shape index (κ2) is 14.4. The first-order valence-electron chi connectivity index (χ1n) is 27.6. The first-order chi connectivity index (χ1) is 35.3. The van der Waals surface area contributed by atoms with Crippen LogP contribution in [0.4, 0.5) is 0 Å². The predicted octanol–water partition coefficient (Wildman–Crippen LogP) is 19.1. The van der Waals surface area contributed by atoms with Gasteiger partial charge in [0.1, 0.15) is 0 Å². The molecular weight excluding hydrogens is 897 g/mol. The molecule has 1 aliphatic carbocycles. The number of nitrogens with zero attached hydrogens (tertiary/aromatic N) is 4. The molecule has 6 heterocycles. The van der Waals surface area contributed by atoms with Crippen LogP contribution in [0.25, 0.3) is 98.6 Å². The van der Waals surface area contributed by atoms with Crippen molar-refractivity contribution in [3.8, 4) is 11.4 Å². The van der Waals surface area contributed by atoms with Crippen LogP contribution in [0.1, 0.15) is 153 Å². The van der Waals surface area contributed by atoms with E-state index in [0.717, 1.165) is 12.8 Å². The van der Waals surface area contributed by atoms with Gasteiger partial charge in [-0.05, 0) is 141 Å². The van der Waals surface area contributed by atoms with Crippen molar-refractivity contribution in [3.05, 3.63) is 179 Å². The molecule has 4 atom stereocenters. The van der Waals surface area contributed by atoms with Gasteiger partial charge in [-0.3, -0.25) is 0 Å². The van der Waals surface area contributed by atoms with Gasteiger partial charge in [-0.25, -0.2) is 0 Å². The summed E-state index contributed by atoms with van der Waals surface area (Å²) in [7, 11) is 0. The summed E-state index contributed by atoms with van der Waals surface area (Å²) >= 11 is 0. The smallest absolute Gasteiger partial charge is 0.0562 e. The summed E-state index contributed by atoms with van der Waals surface area (Å²) in [5.74, 6) is 0.816. The minimum Gasteiger partial charge on any atom is -0.336 e. The molecule has 1 fully saturated rings. The Balaban J connectivity index is 0.922. The van der Waals surface area contributed by atoms with E-state index in [4.69, 9.17) is 0 Å². The van der Waals surface area contributed by atoms with Gasteiger partial charge in [0, 0.05) is 78.0 Å². The third-order valence-electron chi connectivity index (χ3n) is 18.6. The SMILES string of the molecule is CC(C)(C)c1ccc2c(c1)c1cc(C(C)(C)C)ccc1n2-c1ccc2c3c1c1ccccc1n3C1CC3c4ccc(-n5c6ccc(C(C)(C)C)cc6c6cc(C(C)(C)C)ccc65)c5c6ccccc6n(c45)C3CC21. The second-order valence-electron chi connectivity index (χ2n) is 27.0. The molecule has 3 aliphatic rings. The van der Waals surface area contributed by atoms with Gasteiger partial charge >= 0.3 is 0 Å². The molecule has 0 spiro atoms. The van der Waals surface area contributed by atoms with Crippen LogP contribution in [0.2, 0.25) is 0 Å². The Hall–Kier alpha value is -7.04. The van der Waals surface area contributed by atoms with Gasteiger partial charge in [0.15, 0.2) is 0 Å².